The predicted octanol–water partition coefficient (Wildman–Crippen LogP) is 1.73. The highest BCUT2D eigenvalue weighted by molar-refractivity contribution is 8.93. The zero-order valence-electron chi connectivity index (χ0n) is 6.41. The SMILES string of the molecule is Br.COc1ccccc1CN. The van der Waals surface area contributed by atoms with Gasteiger partial charge in [0.05, 0.1) is 7.11 Å². The summed E-state index contributed by atoms with van der Waals surface area (Å²) in [5, 5.41) is 0. The van der Waals surface area contributed by atoms with Crippen molar-refractivity contribution in [3.05, 3.63) is 29.8 Å². The molecule has 11 heavy (non-hydrogen) atoms. The number of para-hydroxylation sites is 1. The molecule has 0 saturated heterocycles. The van der Waals surface area contributed by atoms with Gasteiger partial charge in [-0.15, -0.1) is 17.0 Å². The highest BCUT2D eigenvalue weighted by Gasteiger charge is 1.95. The molecule has 2 N–H and O–H groups in total. The van der Waals surface area contributed by atoms with Crippen molar-refractivity contribution >= 4 is 17.0 Å². The summed E-state index contributed by atoms with van der Waals surface area (Å²) in [6.45, 7) is 0.532. The van der Waals surface area contributed by atoms with Gasteiger partial charge in [0, 0.05) is 12.1 Å². The van der Waals surface area contributed by atoms with Crippen LogP contribution in [0, 0.1) is 0 Å². The molecule has 0 saturated carbocycles. The molecular weight excluding hydrogens is 206 g/mol. The Morgan fingerprint density at radius 2 is 2.00 bits per heavy atom. The minimum absolute atomic E-state index is 0. The molecule has 1 aromatic carbocycles. The third-order valence-electron chi connectivity index (χ3n) is 1.41. The molecule has 3 heteroatoms. The van der Waals surface area contributed by atoms with Crippen molar-refractivity contribution in [1.82, 2.24) is 0 Å². The van der Waals surface area contributed by atoms with Crippen LogP contribution in [-0.2, 0) is 6.54 Å². The number of hydrogen-bond acceptors (Lipinski definition) is 2. The Balaban J connectivity index is 0.000001000. The molecule has 2 nitrogen and oxygen atoms in total. The third-order valence-corrected chi connectivity index (χ3v) is 1.41. The average Bonchev–Trinajstić information content (AvgIpc) is 2.04. The molecule has 0 unspecified atom stereocenters. The lowest BCUT2D eigenvalue weighted by Crippen LogP contribution is -1.98. The number of hydrogen-bond donors (Lipinski definition) is 1. The molecule has 0 aliphatic rings. The van der Waals surface area contributed by atoms with E-state index in [1.165, 1.54) is 0 Å². The lowest BCUT2D eigenvalue weighted by atomic mass is 10.2. The molecule has 1 rings (SSSR count). The normalized spacial score (nSPS) is 8.55. The van der Waals surface area contributed by atoms with Crippen molar-refractivity contribution in [2.24, 2.45) is 5.73 Å². The third kappa shape index (κ3) is 2.52. The van der Waals surface area contributed by atoms with E-state index in [0.717, 1.165) is 11.3 Å². The van der Waals surface area contributed by atoms with E-state index in [-0.39, 0.29) is 17.0 Å². The molecule has 0 aliphatic heterocycles. The number of halogens is 1. The highest BCUT2D eigenvalue weighted by atomic mass is 79.9. The molecule has 0 aromatic heterocycles. The van der Waals surface area contributed by atoms with Gasteiger partial charge in [0.15, 0.2) is 0 Å². The maximum atomic E-state index is 5.45. The lowest BCUT2D eigenvalue weighted by Gasteiger charge is -2.03. The fourth-order valence-corrected chi connectivity index (χ4v) is 0.872. The number of benzene rings is 1. The molecule has 0 atom stereocenters. The molecule has 0 fully saturated rings. The summed E-state index contributed by atoms with van der Waals surface area (Å²) >= 11 is 0. The predicted molar refractivity (Wildman–Crippen MR) is 51.2 cm³/mol. The molecule has 0 spiro atoms. The fraction of sp³-hybridized carbons (Fsp3) is 0.250. The van der Waals surface area contributed by atoms with Crippen LogP contribution in [0.15, 0.2) is 24.3 Å². The van der Waals surface area contributed by atoms with Gasteiger partial charge in [-0.2, -0.15) is 0 Å². The molecule has 0 amide bonds. The zero-order chi connectivity index (χ0) is 7.40. The van der Waals surface area contributed by atoms with Gasteiger partial charge in [0.2, 0.25) is 0 Å². The van der Waals surface area contributed by atoms with Gasteiger partial charge >= 0.3 is 0 Å². The Kier molecular flexibility index (Phi) is 4.90. The zero-order valence-corrected chi connectivity index (χ0v) is 8.12. The van der Waals surface area contributed by atoms with Gasteiger partial charge < -0.3 is 10.5 Å². The monoisotopic (exact) mass is 217 g/mol. The van der Waals surface area contributed by atoms with Crippen LogP contribution in [0.4, 0.5) is 0 Å². The fourth-order valence-electron chi connectivity index (χ4n) is 0.872. The first-order chi connectivity index (χ1) is 4.88. The Morgan fingerprint density at radius 1 is 1.36 bits per heavy atom. The summed E-state index contributed by atoms with van der Waals surface area (Å²) in [5.74, 6) is 0.866. The van der Waals surface area contributed by atoms with Crippen molar-refractivity contribution in [3.8, 4) is 5.75 Å². The highest BCUT2D eigenvalue weighted by Crippen LogP contribution is 2.15. The van der Waals surface area contributed by atoms with Crippen LogP contribution in [-0.4, -0.2) is 7.11 Å². The Morgan fingerprint density at radius 3 is 2.45 bits per heavy atom. The van der Waals surface area contributed by atoms with Gasteiger partial charge in [-0.3, -0.25) is 0 Å². The Bertz CT molecular complexity index is 192. The summed E-state index contributed by atoms with van der Waals surface area (Å²) in [4.78, 5) is 0. The second kappa shape index (κ2) is 5.16. The molecule has 62 valence electrons. The van der Waals surface area contributed by atoms with Crippen LogP contribution >= 0.6 is 17.0 Å². The summed E-state index contributed by atoms with van der Waals surface area (Å²) in [5.41, 5.74) is 6.49. The van der Waals surface area contributed by atoms with Gasteiger partial charge in [-0.1, -0.05) is 18.2 Å². The molecule has 0 aliphatic carbocycles. The maximum Gasteiger partial charge on any atom is 0.123 e. The second-order valence-electron chi connectivity index (χ2n) is 2.02. The summed E-state index contributed by atoms with van der Waals surface area (Å²) in [6.07, 6.45) is 0. The van der Waals surface area contributed by atoms with Crippen LogP contribution in [0.25, 0.3) is 0 Å². The summed E-state index contributed by atoms with van der Waals surface area (Å²) in [7, 11) is 1.65. The second-order valence-corrected chi connectivity index (χ2v) is 2.02. The quantitative estimate of drug-likeness (QED) is 0.820. The molecular formula is C8H12BrNO. The van der Waals surface area contributed by atoms with E-state index in [1.807, 2.05) is 24.3 Å². The van der Waals surface area contributed by atoms with Crippen LogP contribution in [0.1, 0.15) is 5.56 Å². The van der Waals surface area contributed by atoms with Gasteiger partial charge in [-0.25, -0.2) is 0 Å². The van der Waals surface area contributed by atoms with Crippen molar-refractivity contribution in [2.75, 3.05) is 7.11 Å². The van der Waals surface area contributed by atoms with Crippen LogP contribution < -0.4 is 10.5 Å². The first-order valence-electron chi connectivity index (χ1n) is 3.20. The Labute approximate surface area is 77.1 Å². The number of nitrogens with two attached hydrogens (primary N) is 1. The van der Waals surface area contributed by atoms with E-state index in [0.29, 0.717) is 6.54 Å². The van der Waals surface area contributed by atoms with E-state index in [9.17, 15) is 0 Å². The van der Waals surface area contributed by atoms with Crippen molar-refractivity contribution in [3.63, 3.8) is 0 Å². The first kappa shape index (κ1) is 10.5. The Hall–Kier alpha value is -0.540. The number of rotatable bonds is 2. The van der Waals surface area contributed by atoms with E-state index in [2.05, 4.69) is 0 Å². The summed E-state index contributed by atoms with van der Waals surface area (Å²) in [6, 6.07) is 7.74. The average molecular weight is 218 g/mol. The van der Waals surface area contributed by atoms with E-state index in [1.54, 1.807) is 7.11 Å². The van der Waals surface area contributed by atoms with Gasteiger partial charge in [0.1, 0.15) is 5.75 Å². The van der Waals surface area contributed by atoms with Crippen molar-refractivity contribution < 1.29 is 4.74 Å². The number of methoxy groups -OCH3 is 1. The van der Waals surface area contributed by atoms with Crippen LogP contribution in [0.2, 0.25) is 0 Å². The minimum Gasteiger partial charge on any atom is -0.496 e. The maximum absolute atomic E-state index is 5.45. The van der Waals surface area contributed by atoms with E-state index in [4.69, 9.17) is 10.5 Å². The smallest absolute Gasteiger partial charge is 0.123 e. The molecule has 0 heterocycles. The van der Waals surface area contributed by atoms with Gasteiger partial charge in [0.25, 0.3) is 0 Å². The first-order valence-corrected chi connectivity index (χ1v) is 3.20. The number of ether oxygens (including phenoxy) is 1. The minimum atomic E-state index is 0. The van der Waals surface area contributed by atoms with Gasteiger partial charge in [-0.05, 0) is 6.07 Å². The van der Waals surface area contributed by atoms with Crippen molar-refractivity contribution in [2.45, 2.75) is 6.54 Å². The lowest BCUT2D eigenvalue weighted by molar-refractivity contribution is 0.410. The molecule has 0 bridgehead atoms. The van der Waals surface area contributed by atoms with Crippen molar-refractivity contribution in [1.29, 1.82) is 0 Å². The van der Waals surface area contributed by atoms with E-state index >= 15 is 0 Å². The molecule has 1 aromatic rings. The standard InChI is InChI=1S/C8H11NO.BrH/c1-10-8-5-3-2-4-7(8)6-9;/h2-5H,6,9H2,1H3;1H. The largest absolute Gasteiger partial charge is 0.496 e. The topological polar surface area (TPSA) is 35.2 Å². The summed E-state index contributed by atoms with van der Waals surface area (Å²) < 4.78 is 5.06. The van der Waals surface area contributed by atoms with E-state index < -0.39 is 0 Å². The van der Waals surface area contributed by atoms with Crippen LogP contribution in [0.3, 0.4) is 0 Å². The van der Waals surface area contributed by atoms with Crippen LogP contribution in [0.5, 0.6) is 5.75 Å². The molecule has 0 radical (unpaired) electrons.